The predicted octanol–water partition coefficient (Wildman–Crippen LogP) is 4.69. The molecule has 0 amide bonds. The number of methoxy groups -OCH3 is 1. The van der Waals surface area contributed by atoms with Gasteiger partial charge in [0.15, 0.2) is 11.5 Å². The number of fused-ring (bicyclic) bond motifs is 1. The molecule has 0 aliphatic carbocycles. The molecule has 0 aromatic heterocycles. The van der Waals surface area contributed by atoms with Gasteiger partial charge < -0.3 is 14.2 Å². The number of rotatable bonds is 6. The van der Waals surface area contributed by atoms with Gasteiger partial charge in [-0.15, -0.1) is 0 Å². The third-order valence-corrected chi connectivity index (χ3v) is 7.05. The van der Waals surface area contributed by atoms with Crippen molar-refractivity contribution in [3.63, 3.8) is 0 Å². The second kappa shape index (κ2) is 7.91. The molecule has 0 saturated heterocycles. The lowest BCUT2D eigenvalue weighted by atomic mass is 10.1. The van der Waals surface area contributed by atoms with Gasteiger partial charge in [0.25, 0.3) is 10.0 Å². The van der Waals surface area contributed by atoms with Gasteiger partial charge in [-0.1, -0.05) is 23.8 Å². The maximum absolute atomic E-state index is 13.7. The Morgan fingerprint density at radius 1 is 0.933 bits per heavy atom. The highest BCUT2D eigenvalue weighted by Crippen LogP contribution is 2.38. The Morgan fingerprint density at radius 3 is 2.27 bits per heavy atom. The smallest absolute Gasteiger partial charge is 0.264 e. The van der Waals surface area contributed by atoms with Crippen LogP contribution < -0.4 is 18.5 Å². The molecule has 0 N–H and O–H groups in total. The Morgan fingerprint density at radius 2 is 1.60 bits per heavy atom. The third kappa shape index (κ3) is 3.68. The maximum Gasteiger partial charge on any atom is 0.264 e. The second-order valence-corrected chi connectivity index (χ2v) is 8.92. The van der Waals surface area contributed by atoms with Crippen LogP contribution >= 0.6 is 0 Å². The van der Waals surface area contributed by atoms with Crippen molar-refractivity contribution >= 4 is 15.7 Å². The molecule has 1 aliphatic heterocycles. The number of aryl methyl sites for hydroxylation is 1. The largest absolute Gasteiger partial charge is 0.497 e. The van der Waals surface area contributed by atoms with Crippen molar-refractivity contribution in [2.75, 3.05) is 18.2 Å². The molecule has 30 heavy (non-hydrogen) atoms. The van der Waals surface area contributed by atoms with Gasteiger partial charge in [0.05, 0.1) is 23.7 Å². The molecular formula is C23H23NO5S. The molecule has 1 unspecified atom stereocenters. The summed E-state index contributed by atoms with van der Waals surface area (Å²) in [5, 5.41) is 0. The van der Waals surface area contributed by atoms with Crippen LogP contribution in [0.3, 0.4) is 0 Å². The lowest BCUT2D eigenvalue weighted by Gasteiger charge is -2.31. The van der Waals surface area contributed by atoms with Gasteiger partial charge in [0.1, 0.15) is 5.75 Å². The van der Waals surface area contributed by atoms with E-state index in [0.29, 0.717) is 22.9 Å². The van der Waals surface area contributed by atoms with E-state index in [-0.39, 0.29) is 11.7 Å². The first-order valence-corrected chi connectivity index (χ1v) is 11.0. The van der Waals surface area contributed by atoms with E-state index in [1.54, 1.807) is 31.4 Å². The fourth-order valence-corrected chi connectivity index (χ4v) is 5.08. The highest BCUT2D eigenvalue weighted by molar-refractivity contribution is 7.92. The first-order valence-electron chi connectivity index (χ1n) is 9.55. The van der Waals surface area contributed by atoms with Crippen molar-refractivity contribution in [2.45, 2.75) is 24.8 Å². The number of anilines is 1. The normalized spacial score (nSPS) is 13.7. The van der Waals surface area contributed by atoms with E-state index >= 15 is 0 Å². The van der Waals surface area contributed by atoms with E-state index in [1.807, 2.05) is 56.3 Å². The molecule has 7 heteroatoms. The molecule has 1 heterocycles. The first-order chi connectivity index (χ1) is 14.4. The number of ether oxygens (including phenoxy) is 3. The van der Waals surface area contributed by atoms with Gasteiger partial charge in [0, 0.05) is 0 Å². The van der Waals surface area contributed by atoms with Crippen molar-refractivity contribution in [1.82, 2.24) is 0 Å². The average Bonchev–Trinajstić information content (AvgIpc) is 3.23. The van der Waals surface area contributed by atoms with Crippen LogP contribution in [0.2, 0.25) is 0 Å². The fraction of sp³-hybridized carbons (Fsp3) is 0.217. The van der Waals surface area contributed by atoms with Crippen molar-refractivity contribution < 1.29 is 22.6 Å². The number of sulfonamides is 1. The molecule has 1 atom stereocenters. The van der Waals surface area contributed by atoms with E-state index in [4.69, 9.17) is 14.2 Å². The molecule has 0 bridgehead atoms. The molecular weight excluding hydrogens is 402 g/mol. The van der Waals surface area contributed by atoms with Crippen LogP contribution in [0.5, 0.6) is 17.2 Å². The van der Waals surface area contributed by atoms with Crippen molar-refractivity contribution in [3.8, 4) is 17.2 Å². The zero-order valence-corrected chi connectivity index (χ0v) is 17.8. The minimum absolute atomic E-state index is 0.166. The average molecular weight is 426 g/mol. The van der Waals surface area contributed by atoms with E-state index in [0.717, 1.165) is 11.1 Å². The van der Waals surface area contributed by atoms with Crippen LogP contribution in [0.25, 0.3) is 0 Å². The van der Waals surface area contributed by atoms with Crippen molar-refractivity contribution in [3.05, 3.63) is 77.9 Å². The van der Waals surface area contributed by atoms with E-state index < -0.39 is 16.1 Å². The predicted molar refractivity (Wildman–Crippen MR) is 115 cm³/mol. The van der Waals surface area contributed by atoms with E-state index in [2.05, 4.69) is 0 Å². The summed E-state index contributed by atoms with van der Waals surface area (Å²) in [7, 11) is -2.30. The minimum Gasteiger partial charge on any atom is -0.497 e. The van der Waals surface area contributed by atoms with Crippen LogP contribution in [0, 0.1) is 6.92 Å². The lowest BCUT2D eigenvalue weighted by molar-refractivity contribution is 0.174. The summed E-state index contributed by atoms with van der Waals surface area (Å²) in [4.78, 5) is 0.191. The van der Waals surface area contributed by atoms with Crippen LogP contribution in [0.15, 0.2) is 71.6 Å². The lowest BCUT2D eigenvalue weighted by Crippen LogP contribution is -2.33. The van der Waals surface area contributed by atoms with E-state index in [1.165, 1.54) is 4.31 Å². The molecule has 3 aromatic rings. The molecule has 3 aromatic carbocycles. The zero-order chi connectivity index (χ0) is 21.3. The Balaban J connectivity index is 1.80. The highest BCUT2D eigenvalue weighted by atomic mass is 32.2. The molecule has 4 rings (SSSR count). The number of nitrogens with zero attached hydrogens (tertiary/aromatic N) is 1. The Kier molecular flexibility index (Phi) is 5.30. The van der Waals surface area contributed by atoms with Crippen LogP contribution in [-0.4, -0.2) is 22.3 Å². The van der Waals surface area contributed by atoms with Gasteiger partial charge in [-0.05, 0) is 67.9 Å². The monoisotopic (exact) mass is 425 g/mol. The standard InChI is InChI=1S/C23H23NO5S/c1-16-4-7-19(8-5-16)24(30(25,26)21-11-9-20(27-3)10-12-21)17(2)18-6-13-22-23(14-18)29-15-28-22/h4-14,17H,15H2,1-3H3. The SMILES string of the molecule is COc1ccc(S(=O)(=O)N(c2ccc(C)cc2)C(C)c2ccc3c(c2)OCO3)cc1. The highest BCUT2D eigenvalue weighted by Gasteiger charge is 2.31. The molecule has 6 nitrogen and oxygen atoms in total. The quantitative estimate of drug-likeness (QED) is 0.573. The summed E-state index contributed by atoms with van der Waals surface area (Å²) in [6, 6.07) is 18.9. The molecule has 0 saturated carbocycles. The summed E-state index contributed by atoms with van der Waals surface area (Å²) >= 11 is 0. The number of hydrogen-bond donors (Lipinski definition) is 0. The summed E-state index contributed by atoms with van der Waals surface area (Å²) in [6.07, 6.45) is 0. The van der Waals surface area contributed by atoms with Crippen molar-refractivity contribution in [1.29, 1.82) is 0 Å². The Labute approximate surface area is 176 Å². The molecule has 1 aliphatic rings. The number of benzene rings is 3. The summed E-state index contributed by atoms with van der Waals surface area (Å²) in [6.45, 7) is 3.99. The van der Waals surface area contributed by atoms with Crippen molar-refractivity contribution in [2.24, 2.45) is 0 Å². The topological polar surface area (TPSA) is 65.1 Å². The van der Waals surface area contributed by atoms with Crippen LogP contribution in [0.4, 0.5) is 5.69 Å². The van der Waals surface area contributed by atoms with Crippen LogP contribution in [-0.2, 0) is 10.0 Å². The first kappa shape index (κ1) is 20.1. The maximum atomic E-state index is 13.7. The summed E-state index contributed by atoms with van der Waals surface area (Å²) in [5.41, 5.74) is 2.44. The second-order valence-electron chi connectivity index (χ2n) is 7.10. The Hall–Kier alpha value is -3.19. The van der Waals surface area contributed by atoms with E-state index in [9.17, 15) is 8.42 Å². The Bertz CT molecular complexity index is 1140. The van der Waals surface area contributed by atoms with Gasteiger partial charge in [-0.3, -0.25) is 4.31 Å². The molecule has 0 spiro atoms. The zero-order valence-electron chi connectivity index (χ0n) is 17.0. The third-order valence-electron chi connectivity index (χ3n) is 5.14. The van der Waals surface area contributed by atoms with Gasteiger partial charge in [0.2, 0.25) is 6.79 Å². The minimum atomic E-state index is -3.85. The molecule has 156 valence electrons. The van der Waals surface area contributed by atoms with Gasteiger partial charge in [-0.25, -0.2) is 8.42 Å². The fourth-order valence-electron chi connectivity index (χ4n) is 3.43. The molecule has 0 radical (unpaired) electrons. The van der Waals surface area contributed by atoms with Gasteiger partial charge in [-0.2, -0.15) is 0 Å². The summed E-state index contributed by atoms with van der Waals surface area (Å²) < 4.78 is 44.9. The number of hydrogen-bond acceptors (Lipinski definition) is 5. The van der Waals surface area contributed by atoms with Crippen LogP contribution in [0.1, 0.15) is 24.1 Å². The van der Waals surface area contributed by atoms with Gasteiger partial charge >= 0.3 is 0 Å². The summed E-state index contributed by atoms with van der Waals surface area (Å²) in [5.74, 6) is 1.87. The molecule has 0 fully saturated rings.